The van der Waals surface area contributed by atoms with E-state index in [9.17, 15) is 9.59 Å². The summed E-state index contributed by atoms with van der Waals surface area (Å²) in [6, 6.07) is 9.29. The Balaban J connectivity index is 2.25. The van der Waals surface area contributed by atoms with Crippen LogP contribution in [-0.4, -0.2) is 15.1 Å². The van der Waals surface area contributed by atoms with Crippen LogP contribution in [0.3, 0.4) is 0 Å². The third-order valence-electron chi connectivity index (χ3n) is 2.50. The van der Waals surface area contributed by atoms with Crippen LogP contribution in [0.1, 0.15) is 5.56 Å². The van der Waals surface area contributed by atoms with E-state index in [0.717, 1.165) is 17.1 Å². The fourth-order valence-corrected chi connectivity index (χ4v) is 2.39. The zero-order chi connectivity index (χ0) is 13.7. The fraction of sp³-hybridized carbons (Fsp3) is 0.273. The summed E-state index contributed by atoms with van der Waals surface area (Å²) >= 11 is 0.839. The molecule has 8 heteroatoms. The van der Waals surface area contributed by atoms with Crippen molar-refractivity contribution in [1.82, 2.24) is 8.52 Å². The Bertz CT molecular complexity index is 709. The van der Waals surface area contributed by atoms with Gasteiger partial charge in [-0.05, 0) is 11.1 Å². The first-order valence-electron chi connectivity index (χ1n) is 5.58. The lowest BCUT2D eigenvalue weighted by Gasteiger charge is -1.99. The van der Waals surface area contributed by atoms with E-state index in [2.05, 4.69) is 10.0 Å². The van der Waals surface area contributed by atoms with E-state index < -0.39 is 0 Å². The van der Waals surface area contributed by atoms with Crippen LogP contribution < -0.4 is 10.6 Å². The number of benzene rings is 1. The van der Waals surface area contributed by atoms with Crippen LogP contribution in [0.5, 0.6) is 0 Å². The molecule has 1 aromatic heterocycles. The first-order chi connectivity index (χ1) is 9.22. The summed E-state index contributed by atoms with van der Waals surface area (Å²) in [4.78, 5) is 26.0. The topological polar surface area (TPSA) is 92.8 Å². The minimum Gasteiger partial charge on any atom is -0.255 e. The molecule has 0 spiro atoms. The number of aromatic nitrogens is 2. The molecule has 2 aromatic rings. The van der Waals surface area contributed by atoms with Gasteiger partial charge in [-0.3, -0.25) is 4.79 Å². The minimum atomic E-state index is -0.369. The van der Waals surface area contributed by atoms with Crippen LogP contribution >= 0.6 is 11.5 Å². The van der Waals surface area contributed by atoms with E-state index in [4.69, 9.17) is 5.53 Å². The summed E-state index contributed by atoms with van der Waals surface area (Å²) in [5.74, 6) is 0. The molecule has 2 rings (SSSR count). The van der Waals surface area contributed by atoms with Gasteiger partial charge in [0.05, 0.1) is 6.54 Å². The Labute approximate surface area is 112 Å². The number of rotatable bonds is 5. The Morgan fingerprint density at radius 2 is 2.00 bits per heavy atom. The zero-order valence-electron chi connectivity index (χ0n) is 9.97. The van der Waals surface area contributed by atoms with Crippen molar-refractivity contribution in [3.05, 3.63) is 66.5 Å². The Morgan fingerprint density at radius 1 is 1.26 bits per heavy atom. The summed E-state index contributed by atoms with van der Waals surface area (Å²) in [5.41, 5.74) is 8.70. The van der Waals surface area contributed by atoms with E-state index in [-0.39, 0.29) is 30.2 Å². The molecule has 19 heavy (non-hydrogen) atoms. The number of hydrogen-bond donors (Lipinski definition) is 0. The summed E-state index contributed by atoms with van der Waals surface area (Å²) in [6.45, 7) is 0.635. The lowest BCUT2D eigenvalue weighted by molar-refractivity contribution is 0.655. The molecule has 0 amide bonds. The van der Waals surface area contributed by atoms with E-state index in [1.165, 1.54) is 8.52 Å². The maximum atomic E-state index is 12.0. The van der Waals surface area contributed by atoms with Crippen molar-refractivity contribution < 1.29 is 0 Å². The van der Waals surface area contributed by atoms with Crippen LogP contribution in [0, 0.1) is 0 Å². The highest BCUT2D eigenvalue weighted by molar-refractivity contribution is 7.03. The van der Waals surface area contributed by atoms with Crippen molar-refractivity contribution in [2.24, 2.45) is 5.11 Å². The second-order valence-corrected chi connectivity index (χ2v) is 4.74. The molecular formula is C11H11N5O2S. The third-order valence-corrected chi connectivity index (χ3v) is 3.44. The molecule has 0 atom stereocenters. The molecule has 0 aliphatic rings. The largest absolute Gasteiger partial charge is 0.341 e. The average Bonchev–Trinajstić information content (AvgIpc) is 2.68. The Hall–Kier alpha value is -2.31. The van der Waals surface area contributed by atoms with E-state index >= 15 is 0 Å². The first kappa shape index (κ1) is 13.1. The molecule has 1 aromatic carbocycles. The summed E-state index contributed by atoms with van der Waals surface area (Å²) in [7, 11) is 0. The monoisotopic (exact) mass is 277 g/mol. The van der Waals surface area contributed by atoms with Crippen molar-refractivity contribution in [2.75, 3.05) is 6.54 Å². The van der Waals surface area contributed by atoms with Gasteiger partial charge in [-0.15, -0.1) is 0 Å². The van der Waals surface area contributed by atoms with Gasteiger partial charge in [-0.2, -0.15) is 0 Å². The lowest BCUT2D eigenvalue weighted by Crippen LogP contribution is -2.29. The molecule has 0 saturated heterocycles. The average molecular weight is 277 g/mol. The fourth-order valence-electron chi connectivity index (χ4n) is 1.62. The molecule has 0 radical (unpaired) electrons. The van der Waals surface area contributed by atoms with Crippen LogP contribution in [0.15, 0.2) is 45.0 Å². The van der Waals surface area contributed by atoms with Crippen molar-refractivity contribution in [3.8, 4) is 0 Å². The quantitative estimate of drug-likeness (QED) is 0.469. The summed E-state index contributed by atoms with van der Waals surface area (Å²) in [5, 5.41) is 3.35. The summed E-state index contributed by atoms with van der Waals surface area (Å²) in [6.07, 6.45) is 0. The van der Waals surface area contributed by atoms with Crippen LogP contribution in [0.4, 0.5) is 0 Å². The molecule has 0 N–H and O–H groups in total. The Kier molecular flexibility index (Phi) is 4.17. The van der Waals surface area contributed by atoms with Crippen LogP contribution in [0.2, 0.25) is 0 Å². The van der Waals surface area contributed by atoms with Crippen LogP contribution in [0.25, 0.3) is 10.4 Å². The number of nitrogens with zero attached hydrogens (tertiary/aromatic N) is 5. The SMILES string of the molecule is [N-]=[N+]=NCCn1sc(=O)n(Cc2ccccc2)c1=O. The van der Waals surface area contributed by atoms with Crippen molar-refractivity contribution >= 4 is 11.5 Å². The molecule has 0 unspecified atom stereocenters. The number of azide groups is 1. The van der Waals surface area contributed by atoms with Crippen molar-refractivity contribution in [1.29, 1.82) is 0 Å². The molecular weight excluding hydrogens is 266 g/mol. The zero-order valence-corrected chi connectivity index (χ0v) is 10.8. The standard InChI is InChI=1S/C11H11N5O2S/c12-14-13-6-7-16-10(17)15(11(18)19-16)8-9-4-2-1-3-5-9/h1-5H,6-8H2. The third kappa shape index (κ3) is 3.12. The van der Waals surface area contributed by atoms with Gasteiger partial charge in [0, 0.05) is 29.5 Å². The lowest BCUT2D eigenvalue weighted by atomic mass is 10.2. The normalized spacial score (nSPS) is 10.1. The predicted molar refractivity (Wildman–Crippen MR) is 72.4 cm³/mol. The van der Waals surface area contributed by atoms with Gasteiger partial charge in [-0.25, -0.2) is 13.3 Å². The minimum absolute atomic E-state index is 0.154. The van der Waals surface area contributed by atoms with E-state index in [0.29, 0.717) is 0 Å². The highest BCUT2D eigenvalue weighted by Gasteiger charge is 2.09. The molecule has 98 valence electrons. The first-order valence-corrected chi connectivity index (χ1v) is 6.35. The van der Waals surface area contributed by atoms with Crippen LogP contribution in [-0.2, 0) is 13.1 Å². The van der Waals surface area contributed by atoms with Crippen molar-refractivity contribution in [2.45, 2.75) is 13.1 Å². The number of hydrogen-bond acceptors (Lipinski definition) is 4. The maximum Gasteiger partial charge on any atom is 0.341 e. The van der Waals surface area contributed by atoms with Gasteiger partial charge in [-0.1, -0.05) is 35.4 Å². The molecule has 1 heterocycles. The van der Waals surface area contributed by atoms with E-state index in [1.54, 1.807) is 0 Å². The molecule has 7 nitrogen and oxygen atoms in total. The van der Waals surface area contributed by atoms with Gasteiger partial charge in [0.15, 0.2) is 0 Å². The molecule has 0 saturated carbocycles. The van der Waals surface area contributed by atoms with E-state index in [1.807, 2.05) is 30.3 Å². The van der Waals surface area contributed by atoms with Gasteiger partial charge in [0.2, 0.25) is 0 Å². The smallest absolute Gasteiger partial charge is 0.255 e. The highest BCUT2D eigenvalue weighted by Crippen LogP contribution is 1.99. The van der Waals surface area contributed by atoms with Gasteiger partial charge in [0.25, 0.3) is 0 Å². The predicted octanol–water partition coefficient (Wildman–Crippen LogP) is 1.43. The second-order valence-electron chi connectivity index (χ2n) is 3.77. The molecule has 0 aliphatic carbocycles. The van der Waals surface area contributed by atoms with Gasteiger partial charge in [0.1, 0.15) is 0 Å². The van der Waals surface area contributed by atoms with Crippen molar-refractivity contribution in [3.63, 3.8) is 0 Å². The summed E-state index contributed by atoms with van der Waals surface area (Å²) < 4.78 is 2.48. The second kappa shape index (κ2) is 6.03. The van der Waals surface area contributed by atoms with Gasteiger partial charge < -0.3 is 0 Å². The molecule has 0 aliphatic heterocycles. The van der Waals surface area contributed by atoms with Gasteiger partial charge >= 0.3 is 10.6 Å². The Morgan fingerprint density at radius 3 is 2.68 bits per heavy atom. The highest BCUT2D eigenvalue weighted by atomic mass is 32.1. The molecule has 0 fully saturated rings. The maximum absolute atomic E-state index is 12.0. The molecule has 0 bridgehead atoms.